The summed E-state index contributed by atoms with van der Waals surface area (Å²) in [7, 11) is 0. The van der Waals surface area contributed by atoms with Crippen LogP contribution in [0, 0.1) is 6.92 Å². The van der Waals surface area contributed by atoms with Gasteiger partial charge in [0.15, 0.2) is 11.0 Å². The van der Waals surface area contributed by atoms with Crippen molar-refractivity contribution < 1.29 is 22.7 Å². The third kappa shape index (κ3) is 7.41. The van der Waals surface area contributed by atoms with Crippen LogP contribution in [0.1, 0.15) is 30.5 Å². The van der Waals surface area contributed by atoms with Crippen LogP contribution in [-0.4, -0.2) is 50.3 Å². The number of urea groups is 1. The number of rotatable bonds is 7. The Morgan fingerprint density at radius 1 is 1.14 bits per heavy atom. The largest absolute Gasteiger partial charge is 0.573 e. The fraction of sp³-hybridized carbons (Fsp3) is 0.233. The number of hydrazone groups is 1. The van der Waals surface area contributed by atoms with E-state index in [1.807, 2.05) is 0 Å². The summed E-state index contributed by atoms with van der Waals surface area (Å²) in [6.45, 7) is 6.29. The van der Waals surface area contributed by atoms with Gasteiger partial charge in [-0.1, -0.05) is 60.6 Å². The summed E-state index contributed by atoms with van der Waals surface area (Å²) in [6, 6.07) is 18.4. The highest BCUT2D eigenvalue weighted by Gasteiger charge is 2.31. The van der Waals surface area contributed by atoms with Crippen LogP contribution in [0.25, 0.3) is 17.1 Å². The summed E-state index contributed by atoms with van der Waals surface area (Å²) in [4.78, 5) is 23.3. The number of alkyl halides is 3. The number of amides is 2. The van der Waals surface area contributed by atoms with Crippen LogP contribution in [0.5, 0.6) is 5.75 Å². The molecule has 1 N–H and O–H groups in total. The number of hydrogen-bond donors (Lipinski definition) is 1. The van der Waals surface area contributed by atoms with E-state index in [0.29, 0.717) is 16.7 Å². The number of ether oxygens (including phenoxy) is 1. The molecule has 0 bridgehead atoms. The van der Waals surface area contributed by atoms with Gasteiger partial charge in [-0.05, 0) is 61.7 Å². The number of aryl methyl sites for hydroxylation is 2. The number of aliphatic imine (C=N–C) groups is 1. The zero-order chi connectivity index (χ0) is 30.6. The minimum atomic E-state index is -4.75. The third-order valence-electron chi connectivity index (χ3n) is 6.54. The van der Waals surface area contributed by atoms with Crippen LogP contribution in [0.4, 0.5) is 23.7 Å². The van der Waals surface area contributed by atoms with E-state index in [1.165, 1.54) is 52.6 Å². The van der Waals surface area contributed by atoms with Crippen molar-refractivity contribution in [3.8, 4) is 22.8 Å². The van der Waals surface area contributed by atoms with Gasteiger partial charge in [-0.2, -0.15) is 10.1 Å². The van der Waals surface area contributed by atoms with Gasteiger partial charge in [0.2, 0.25) is 0 Å². The summed E-state index contributed by atoms with van der Waals surface area (Å²) >= 11 is 1.54. The van der Waals surface area contributed by atoms with Crippen molar-refractivity contribution in [2.45, 2.75) is 39.6 Å². The predicted octanol–water partition coefficient (Wildman–Crippen LogP) is 6.75. The number of carbonyl (C=O) groups excluding carboxylic acids is 1. The Bertz CT molecular complexity index is 1650. The molecule has 2 amide bonds. The fourth-order valence-electron chi connectivity index (χ4n) is 4.50. The highest BCUT2D eigenvalue weighted by Crippen LogP contribution is 2.33. The smallest absolute Gasteiger partial charge is 0.406 e. The SMILES string of the molecule is CCc1cc(C)ccc1N1C(=NC(=O)N/N=C/c2ccc(-c3ncn(-c4ccc(OC(F)(F)F)cc4)n3)cc2)SCC1C. The van der Waals surface area contributed by atoms with E-state index in [2.05, 4.69) is 74.2 Å². The maximum Gasteiger partial charge on any atom is 0.573 e. The molecule has 3 aromatic carbocycles. The number of benzene rings is 3. The van der Waals surface area contributed by atoms with Crippen LogP contribution in [0.3, 0.4) is 0 Å². The predicted molar refractivity (Wildman–Crippen MR) is 162 cm³/mol. The molecule has 1 aliphatic rings. The normalized spacial score (nSPS) is 16.3. The number of nitrogens with one attached hydrogen (secondary N) is 1. The zero-order valence-electron chi connectivity index (χ0n) is 23.5. The minimum absolute atomic E-state index is 0.200. The van der Waals surface area contributed by atoms with Gasteiger partial charge in [0, 0.05) is 23.0 Å². The first-order valence-corrected chi connectivity index (χ1v) is 14.4. The van der Waals surface area contributed by atoms with Gasteiger partial charge in [-0.3, -0.25) is 0 Å². The number of aromatic nitrogens is 3. The number of anilines is 1. The van der Waals surface area contributed by atoms with Crippen molar-refractivity contribution in [1.82, 2.24) is 20.2 Å². The topological polar surface area (TPSA) is 97.0 Å². The summed E-state index contributed by atoms with van der Waals surface area (Å²) in [5.41, 5.74) is 7.91. The Morgan fingerprint density at radius 2 is 1.88 bits per heavy atom. The molecule has 0 radical (unpaired) electrons. The number of carbonyl (C=O) groups is 1. The van der Waals surface area contributed by atoms with E-state index in [9.17, 15) is 18.0 Å². The second kappa shape index (κ2) is 12.7. The standard InChI is InChI=1S/C30H28F3N7O2S/c1-4-22-15-19(2)5-14-26(22)40-20(3)17-43-29(40)36-28(41)37-35-16-21-6-8-23(9-7-21)27-34-18-39(38-27)24-10-12-25(13-11-24)42-30(31,32)33/h5-16,18,20H,4,17H2,1-3H3,(H,37,41)/b35-16+,36-29?. The second-order valence-electron chi connectivity index (χ2n) is 9.76. The first-order valence-electron chi connectivity index (χ1n) is 13.4. The first kappa shape index (κ1) is 29.8. The monoisotopic (exact) mass is 607 g/mol. The van der Waals surface area contributed by atoms with Crippen molar-refractivity contribution in [3.05, 3.63) is 89.7 Å². The van der Waals surface area contributed by atoms with E-state index in [4.69, 9.17) is 0 Å². The molecule has 1 fully saturated rings. The van der Waals surface area contributed by atoms with Crippen LogP contribution in [0.15, 0.2) is 83.2 Å². The van der Waals surface area contributed by atoms with Crippen LogP contribution in [-0.2, 0) is 6.42 Å². The lowest BCUT2D eigenvalue weighted by Gasteiger charge is -2.26. The van der Waals surface area contributed by atoms with Crippen molar-refractivity contribution in [2.75, 3.05) is 10.7 Å². The Morgan fingerprint density at radius 3 is 2.58 bits per heavy atom. The molecule has 5 rings (SSSR count). The molecular weight excluding hydrogens is 579 g/mol. The Labute approximate surface area is 250 Å². The highest BCUT2D eigenvalue weighted by molar-refractivity contribution is 8.14. The van der Waals surface area contributed by atoms with E-state index < -0.39 is 12.4 Å². The van der Waals surface area contributed by atoms with E-state index in [0.717, 1.165) is 29.0 Å². The Kier molecular flexibility index (Phi) is 8.81. The first-order chi connectivity index (χ1) is 20.6. The lowest BCUT2D eigenvalue weighted by molar-refractivity contribution is -0.274. The molecule has 0 aliphatic carbocycles. The molecular formula is C30H28F3N7O2S. The summed E-state index contributed by atoms with van der Waals surface area (Å²) < 4.78 is 42.5. The fourth-order valence-corrected chi connectivity index (χ4v) is 5.60. The molecule has 9 nitrogen and oxygen atoms in total. The van der Waals surface area contributed by atoms with Crippen molar-refractivity contribution >= 4 is 34.9 Å². The Balaban J connectivity index is 1.20. The summed E-state index contributed by atoms with van der Waals surface area (Å²) in [5.74, 6) is 0.935. The molecule has 0 spiro atoms. The molecule has 1 unspecified atom stereocenters. The molecule has 43 heavy (non-hydrogen) atoms. The average molecular weight is 608 g/mol. The number of halogens is 3. The maximum absolute atomic E-state index is 12.6. The molecule has 1 aliphatic heterocycles. The van der Waals surface area contributed by atoms with Crippen molar-refractivity contribution in [3.63, 3.8) is 0 Å². The lowest BCUT2D eigenvalue weighted by Crippen LogP contribution is -2.33. The molecule has 13 heteroatoms. The highest BCUT2D eigenvalue weighted by atomic mass is 32.2. The summed E-state index contributed by atoms with van der Waals surface area (Å²) in [5, 5.41) is 9.08. The third-order valence-corrected chi connectivity index (χ3v) is 7.74. The average Bonchev–Trinajstić information content (AvgIpc) is 3.60. The summed E-state index contributed by atoms with van der Waals surface area (Å²) in [6.07, 6.45) is -0.901. The van der Waals surface area contributed by atoms with Crippen LogP contribution >= 0.6 is 11.8 Å². The molecule has 1 atom stereocenters. The quantitative estimate of drug-likeness (QED) is 0.185. The number of amidine groups is 1. The molecule has 1 aromatic heterocycles. The number of hydrogen-bond acceptors (Lipinski definition) is 6. The molecule has 222 valence electrons. The number of thioether (sulfide) groups is 1. The van der Waals surface area contributed by atoms with Gasteiger partial charge in [-0.25, -0.2) is 19.9 Å². The zero-order valence-corrected chi connectivity index (χ0v) is 24.4. The van der Waals surface area contributed by atoms with Gasteiger partial charge in [0.25, 0.3) is 0 Å². The van der Waals surface area contributed by atoms with Gasteiger partial charge in [0.05, 0.1) is 11.9 Å². The Hall–Kier alpha value is -4.65. The van der Waals surface area contributed by atoms with E-state index in [1.54, 1.807) is 36.0 Å². The number of nitrogens with zero attached hydrogens (tertiary/aromatic N) is 6. The molecule has 0 saturated carbocycles. The van der Waals surface area contributed by atoms with Crippen LogP contribution in [0.2, 0.25) is 0 Å². The maximum atomic E-state index is 12.6. The van der Waals surface area contributed by atoms with E-state index in [-0.39, 0.29) is 11.8 Å². The van der Waals surface area contributed by atoms with Gasteiger partial charge in [0.1, 0.15) is 12.1 Å². The van der Waals surface area contributed by atoms with Gasteiger partial charge >= 0.3 is 12.4 Å². The molecule has 1 saturated heterocycles. The van der Waals surface area contributed by atoms with Gasteiger partial charge in [-0.15, -0.1) is 18.3 Å². The van der Waals surface area contributed by atoms with Crippen molar-refractivity contribution in [1.29, 1.82) is 0 Å². The van der Waals surface area contributed by atoms with Crippen LogP contribution < -0.4 is 15.1 Å². The lowest BCUT2D eigenvalue weighted by atomic mass is 10.1. The second-order valence-corrected chi connectivity index (χ2v) is 10.7. The van der Waals surface area contributed by atoms with E-state index >= 15 is 0 Å². The minimum Gasteiger partial charge on any atom is -0.406 e. The van der Waals surface area contributed by atoms with Crippen molar-refractivity contribution in [2.24, 2.45) is 10.1 Å². The van der Waals surface area contributed by atoms with Gasteiger partial charge < -0.3 is 9.64 Å². The molecule has 4 aromatic rings. The molecule has 2 heterocycles.